The Labute approximate surface area is 333 Å². The van der Waals surface area contributed by atoms with Crippen LogP contribution in [0, 0.1) is 29.6 Å². The number of carbonyl (C=O) groups is 4. The van der Waals surface area contributed by atoms with Gasteiger partial charge in [0.25, 0.3) is 0 Å². The minimum atomic E-state index is -0.560. The molecule has 5 aliphatic rings. The first kappa shape index (κ1) is 37.2. The van der Waals surface area contributed by atoms with E-state index in [0.29, 0.717) is 18.3 Å². The molecule has 0 bridgehead atoms. The standard InChI is InChI=1S/C45H52N8O4/c1-22(2)33(13-24(5)54)44(56)52-36-15-28(36)17-38(52)34-14-30(19-46-34)32-12-11-31(41-42(32)49-21-48-41)26-7-9-27(10-8-26)35-20-47-43(51-35)39-18-29-16-37(29)53(39)45(57)40(23(3)4)50-25(6)55/h7-12,19-23,28-29,33,36-40H,13-18H2,1-6H3,(H,47,51)(H,48,49)(H,50,55)/t28-,29-,33+,36-,37-,38+,39+,40+/m1/s1. The second-order valence-corrected chi connectivity index (χ2v) is 17.8. The van der Waals surface area contributed by atoms with Crippen molar-refractivity contribution < 1.29 is 19.2 Å². The zero-order valence-electron chi connectivity index (χ0n) is 33.6. The quantitative estimate of drug-likeness (QED) is 0.143. The van der Waals surface area contributed by atoms with Gasteiger partial charge in [-0.25, -0.2) is 9.97 Å². The summed E-state index contributed by atoms with van der Waals surface area (Å²) in [6.07, 6.45) is 10.3. The molecule has 2 aromatic heterocycles. The van der Waals surface area contributed by atoms with E-state index in [1.807, 2.05) is 45.0 Å². The van der Waals surface area contributed by atoms with Crippen LogP contribution in [0.2, 0.25) is 0 Å². The number of hydrogen-bond donors (Lipinski definition) is 3. The minimum absolute atomic E-state index is 0.0220. The number of imidazole rings is 2. The first-order valence-corrected chi connectivity index (χ1v) is 20.7. The first-order valence-electron chi connectivity index (χ1n) is 20.7. The van der Waals surface area contributed by atoms with Gasteiger partial charge in [-0.05, 0) is 73.0 Å². The van der Waals surface area contributed by atoms with E-state index in [1.165, 1.54) is 6.92 Å². The third-order valence-corrected chi connectivity index (χ3v) is 13.1. The molecule has 0 radical (unpaired) electrons. The lowest BCUT2D eigenvalue weighted by Gasteiger charge is -2.32. The zero-order chi connectivity index (χ0) is 39.9. The van der Waals surface area contributed by atoms with Gasteiger partial charge in [-0.2, -0.15) is 0 Å². The van der Waals surface area contributed by atoms with Crippen LogP contribution in [0.3, 0.4) is 0 Å². The predicted octanol–water partition coefficient (Wildman–Crippen LogP) is 6.87. The van der Waals surface area contributed by atoms with Gasteiger partial charge in [-0.3, -0.25) is 19.4 Å². The fourth-order valence-corrected chi connectivity index (χ4v) is 9.92. The molecule has 12 nitrogen and oxygen atoms in total. The predicted molar refractivity (Wildman–Crippen MR) is 218 cm³/mol. The van der Waals surface area contributed by atoms with Crippen LogP contribution in [0.15, 0.2) is 60.1 Å². The number of piperidine rings is 2. The van der Waals surface area contributed by atoms with Gasteiger partial charge in [-0.15, -0.1) is 0 Å². The number of rotatable bonds is 12. The van der Waals surface area contributed by atoms with Crippen molar-refractivity contribution in [2.24, 2.45) is 34.6 Å². The Bertz CT molecular complexity index is 2340. The topological polar surface area (TPSA) is 157 Å². The van der Waals surface area contributed by atoms with E-state index in [1.54, 1.807) is 13.3 Å². The van der Waals surface area contributed by atoms with E-state index in [0.717, 1.165) is 81.8 Å². The summed E-state index contributed by atoms with van der Waals surface area (Å²) in [6, 6.07) is 12.4. The molecule has 3 N–H and O–H groups in total. The van der Waals surface area contributed by atoms with E-state index in [4.69, 9.17) is 15.0 Å². The highest BCUT2D eigenvalue weighted by Crippen LogP contribution is 2.54. The van der Waals surface area contributed by atoms with Gasteiger partial charge in [0.2, 0.25) is 17.7 Å². The van der Waals surface area contributed by atoms with Crippen molar-refractivity contribution in [3.05, 3.63) is 66.5 Å². The van der Waals surface area contributed by atoms with Crippen LogP contribution in [0.4, 0.5) is 0 Å². The highest BCUT2D eigenvalue weighted by atomic mass is 16.2. The summed E-state index contributed by atoms with van der Waals surface area (Å²) in [5.41, 5.74) is 8.94. The average Bonchev–Trinajstić information content (AvgIpc) is 3.67. The molecule has 3 amide bonds. The molecule has 12 heteroatoms. The number of fused-ring (bicyclic) bond motifs is 3. The maximum absolute atomic E-state index is 13.9. The SMILES string of the molecule is CC(=O)C[C@H](C(=O)N1[C@@H]2C[C@@H]2C[C@H]1C1=NC=C(c2ccc(-c3ccc(-c4cnc([C@@H]5C[C@H]6C[C@H]6N5C(=O)[C@@H](NC(C)=O)C(C)C)[nH]4)cc3)c3nc[nH]c23)C1)C(C)C. The molecule has 296 valence electrons. The third-order valence-electron chi connectivity index (χ3n) is 13.1. The van der Waals surface area contributed by atoms with Gasteiger partial charge in [0, 0.05) is 60.8 Å². The number of benzene rings is 2. The van der Waals surface area contributed by atoms with Crippen molar-refractivity contribution in [2.75, 3.05) is 0 Å². The monoisotopic (exact) mass is 768 g/mol. The number of ketones is 1. The number of nitrogens with zero attached hydrogens (tertiary/aromatic N) is 5. The molecule has 3 aliphatic heterocycles. The molecule has 0 unspecified atom stereocenters. The molecule has 2 aromatic carbocycles. The number of aliphatic imine (C=N–C) groups is 1. The Morgan fingerprint density at radius 2 is 1.47 bits per heavy atom. The van der Waals surface area contributed by atoms with Crippen molar-refractivity contribution in [1.82, 2.24) is 35.1 Å². The van der Waals surface area contributed by atoms with Crippen molar-refractivity contribution >= 4 is 45.8 Å². The van der Waals surface area contributed by atoms with Crippen LogP contribution >= 0.6 is 0 Å². The largest absolute Gasteiger partial charge is 0.344 e. The van der Waals surface area contributed by atoms with E-state index in [2.05, 4.69) is 56.6 Å². The second kappa shape index (κ2) is 14.2. The molecule has 57 heavy (non-hydrogen) atoms. The highest BCUT2D eigenvalue weighted by Gasteiger charge is 2.57. The summed E-state index contributed by atoms with van der Waals surface area (Å²) in [7, 11) is 0. The summed E-state index contributed by atoms with van der Waals surface area (Å²) < 4.78 is 0. The lowest BCUT2D eigenvalue weighted by atomic mass is 9.88. The fourth-order valence-electron chi connectivity index (χ4n) is 9.92. The van der Waals surface area contributed by atoms with Crippen molar-refractivity contribution in [3.8, 4) is 22.4 Å². The summed E-state index contributed by atoms with van der Waals surface area (Å²) >= 11 is 0. The summed E-state index contributed by atoms with van der Waals surface area (Å²) in [4.78, 5) is 77.1. The fraction of sp³-hybridized carbons (Fsp3) is 0.489. The maximum atomic E-state index is 13.9. The Kier molecular flexibility index (Phi) is 9.28. The number of aromatic amines is 2. The van der Waals surface area contributed by atoms with Gasteiger partial charge in [0.05, 0.1) is 41.3 Å². The normalized spacial score (nSPS) is 25.7. The van der Waals surface area contributed by atoms with Gasteiger partial charge in [0.15, 0.2) is 0 Å². The van der Waals surface area contributed by atoms with Crippen LogP contribution in [0.1, 0.15) is 97.5 Å². The number of Topliss-reactive ketones (excluding diaryl/α,β-unsaturated/α-hetero) is 1. The number of amides is 3. The van der Waals surface area contributed by atoms with Crippen LogP contribution in [0.5, 0.6) is 0 Å². The van der Waals surface area contributed by atoms with E-state index >= 15 is 0 Å². The molecule has 5 heterocycles. The molecule has 4 fully saturated rings. The molecule has 9 rings (SSSR count). The van der Waals surface area contributed by atoms with Gasteiger partial charge in [0.1, 0.15) is 17.6 Å². The Morgan fingerprint density at radius 1 is 0.807 bits per heavy atom. The summed E-state index contributed by atoms with van der Waals surface area (Å²) in [5.74, 6) is 1.48. The van der Waals surface area contributed by atoms with E-state index in [-0.39, 0.29) is 71.8 Å². The molecule has 4 aromatic rings. The van der Waals surface area contributed by atoms with Gasteiger partial charge >= 0.3 is 0 Å². The lowest BCUT2D eigenvalue weighted by Crippen LogP contribution is -2.51. The Balaban J connectivity index is 0.900. The van der Waals surface area contributed by atoms with E-state index < -0.39 is 6.04 Å². The molecule has 2 aliphatic carbocycles. The Hall–Kier alpha value is -5.39. The van der Waals surface area contributed by atoms with Crippen molar-refractivity contribution in [2.45, 2.75) is 110 Å². The average molecular weight is 769 g/mol. The van der Waals surface area contributed by atoms with Crippen LogP contribution in [-0.4, -0.2) is 83.1 Å². The molecular formula is C45H52N8O4. The van der Waals surface area contributed by atoms with E-state index in [9.17, 15) is 19.2 Å². The number of likely N-dealkylation sites (tertiary alicyclic amines) is 2. The van der Waals surface area contributed by atoms with Gasteiger partial charge < -0.3 is 29.9 Å². The maximum Gasteiger partial charge on any atom is 0.246 e. The number of allylic oxidation sites excluding steroid dienone is 1. The molecular weight excluding hydrogens is 717 g/mol. The lowest BCUT2D eigenvalue weighted by molar-refractivity contribution is -0.140. The number of H-pyrrole nitrogens is 2. The molecule has 2 saturated heterocycles. The third kappa shape index (κ3) is 6.70. The number of hydrogen-bond acceptors (Lipinski definition) is 7. The number of carbonyl (C=O) groups excluding carboxylic acids is 4. The van der Waals surface area contributed by atoms with Crippen LogP contribution < -0.4 is 5.32 Å². The first-order chi connectivity index (χ1) is 27.4. The smallest absolute Gasteiger partial charge is 0.246 e. The highest BCUT2D eigenvalue weighted by molar-refractivity contribution is 6.07. The molecule has 8 atom stereocenters. The molecule has 2 saturated carbocycles. The van der Waals surface area contributed by atoms with Crippen LogP contribution in [-0.2, 0) is 19.2 Å². The van der Waals surface area contributed by atoms with Crippen LogP contribution in [0.25, 0.3) is 39.0 Å². The van der Waals surface area contributed by atoms with Crippen molar-refractivity contribution in [1.29, 1.82) is 0 Å². The minimum Gasteiger partial charge on any atom is -0.344 e. The Morgan fingerprint density at radius 3 is 2.14 bits per heavy atom. The van der Waals surface area contributed by atoms with Gasteiger partial charge in [-0.1, -0.05) is 64.1 Å². The summed E-state index contributed by atoms with van der Waals surface area (Å²) in [6.45, 7) is 11.0. The zero-order valence-corrected chi connectivity index (χ0v) is 33.6. The molecule has 0 spiro atoms. The van der Waals surface area contributed by atoms with Crippen molar-refractivity contribution in [3.63, 3.8) is 0 Å². The summed E-state index contributed by atoms with van der Waals surface area (Å²) in [5, 5.41) is 2.88. The number of aromatic nitrogens is 4. The second-order valence-electron chi connectivity index (χ2n) is 17.8. The number of nitrogens with one attached hydrogen (secondary N) is 3.